The van der Waals surface area contributed by atoms with Crippen LogP contribution in [0.25, 0.3) is 0 Å². The molecule has 0 amide bonds. The fourth-order valence-corrected chi connectivity index (χ4v) is 0.425. The quantitative estimate of drug-likeness (QED) is 0.569. The molecule has 0 rings (SSSR count). The van der Waals surface area contributed by atoms with E-state index in [4.69, 9.17) is 0 Å². The summed E-state index contributed by atoms with van der Waals surface area (Å²) >= 11 is 0. The summed E-state index contributed by atoms with van der Waals surface area (Å²) in [6.45, 7) is 9.36. The molecular formula is C14H26O5. The highest BCUT2D eigenvalue weighted by molar-refractivity contribution is 5.92. The summed E-state index contributed by atoms with van der Waals surface area (Å²) in [6.07, 6.45) is 4.46. The number of carbonyl (C=O) groups excluding carboxylic acids is 3. The number of carbonyl (C=O) groups is 3. The molecule has 0 aromatic carbocycles. The molecule has 0 N–H and O–H groups in total. The maximum absolute atomic E-state index is 10.7. The zero-order valence-corrected chi connectivity index (χ0v) is 12.8. The molecular weight excluding hydrogens is 248 g/mol. The molecule has 0 aliphatic rings. The average molecular weight is 274 g/mol. The van der Waals surface area contributed by atoms with E-state index in [1.54, 1.807) is 0 Å². The van der Waals surface area contributed by atoms with Gasteiger partial charge in [-0.25, -0.2) is 9.59 Å². The van der Waals surface area contributed by atoms with Crippen LogP contribution < -0.4 is 0 Å². The molecule has 0 aliphatic carbocycles. The van der Waals surface area contributed by atoms with Crippen LogP contribution in [0.4, 0.5) is 0 Å². The van der Waals surface area contributed by atoms with Crippen LogP contribution in [0.15, 0.2) is 12.2 Å². The van der Waals surface area contributed by atoms with Crippen molar-refractivity contribution in [2.45, 2.75) is 47.5 Å². The van der Waals surface area contributed by atoms with Gasteiger partial charge in [-0.2, -0.15) is 0 Å². The lowest BCUT2D eigenvalue weighted by molar-refractivity contribution is -0.143. The van der Waals surface area contributed by atoms with Crippen molar-refractivity contribution in [2.24, 2.45) is 0 Å². The Bertz CT molecular complexity index is 267. The molecule has 0 radical (unpaired) electrons. The van der Waals surface area contributed by atoms with Crippen LogP contribution in [0, 0.1) is 0 Å². The second kappa shape index (κ2) is 18.7. The third-order valence-corrected chi connectivity index (χ3v) is 1.47. The van der Waals surface area contributed by atoms with E-state index in [0.717, 1.165) is 12.2 Å². The first-order valence-corrected chi connectivity index (χ1v) is 6.40. The summed E-state index contributed by atoms with van der Waals surface area (Å²) < 4.78 is 8.64. The maximum Gasteiger partial charge on any atom is 0.331 e. The van der Waals surface area contributed by atoms with Gasteiger partial charge in [-0.05, 0) is 6.92 Å². The zero-order chi connectivity index (χ0) is 15.7. The number of Topliss-reactive ketones (excluding diaryl/α,β-unsaturated/α-hetero) is 1. The normalized spacial score (nSPS) is 8.53. The van der Waals surface area contributed by atoms with Gasteiger partial charge in [0.2, 0.25) is 0 Å². The van der Waals surface area contributed by atoms with Gasteiger partial charge in [0.25, 0.3) is 0 Å². The average Bonchev–Trinajstić information content (AvgIpc) is 2.44. The van der Waals surface area contributed by atoms with Crippen molar-refractivity contribution in [3.63, 3.8) is 0 Å². The largest absolute Gasteiger partial charge is 0.466 e. The van der Waals surface area contributed by atoms with Gasteiger partial charge in [0.1, 0.15) is 6.61 Å². The highest BCUT2D eigenvalue weighted by Crippen LogP contribution is 1.84. The Morgan fingerprint density at radius 2 is 1.37 bits per heavy atom. The van der Waals surface area contributed by atoms with Crippen molar-refractivity contribution in [3.05, 3.63) is 12.2 Å². The highest BCUT2D eigenvalue weighted by Gasteiger charge is 2.00. The second-order valence-electron chi connectivity index (χ2n) is 3.17. The minimum Gasteiger partial charge on any atom is -0.466 e. The number of hydrogen-bond donors (Lipinski definition) is 0. The van der Waals surface area contributed by atoms with Crippen LogP contribution in [-0.4, -0.2) is 31.4 Å². The minimum atomic E-state index is -0.749. The number of esters is 2. The van der Waals surface area contributed by atoms with Crippen molar-refractivity contribution < 1.29 is 23.9 Å². The topological polar surface area (TPSA) is 69.7 Å². The Hall–Kier alpha value is -1.65. The molecule has 0 spiro atoms. The lowest BCUT2D eigenvalue weighted by atomic mass is 10.4. The lowest BCUT2D eigenvalue weighted by Gasteiger charge is -1.96. The standard InChI is InChI=1S/C8H10O5.C4H10.C2H6/c1-6(9)5-13-8(11)4-3-7(10)12-2;1-3-4-2;1-2/h3-4H,5H2,1-2H3;3-4H2,1-2H3;1-2H3/b4-3+;;. The highest BCUT2D eigenvalue weighted by atomic mass is 16.5. The van der Waals surface area contributed by atoms with E-state index in [0.29, 0.717) is 0 Å². The SMILES string of the molecule is CC.CCCC.COC(=O)/C=C/C(=O)OCC(C)=O. The fraction of sp³-hybridized carbons (Fsp3) is 0.643. The number of hydrogen-bond acceptors (Lipinski definition) is 5. The predicted octanol–water partition coefficient (Wildman–Crippen LogP) is 2.68. The fourth-order valence-electron chi connectivity index (χ4n) is 0.425. The number of rotatable bonds is 5. The molecule has 0 aromatic rings. The molecule has 5 nitrogen and oxygen atoms in total. The Labute approximate surface area is 116 Å². The van der Waals surface area contributed by atoms with Crippen LogP contribution in [-0.2, 0) is 23.9 Å². The van der Waals surface area contributed by atoms with Gasteiger partial charge in [0.15, 0.2) is 5.78 Å². The first-order chi connectivity index (χ1) is 8.97. The molecule has 19 heavy (non-hydrogen) atoms. The van der Waals surface area contributed by atoms with Gasteiger partial charge < -0.3 is 9.47 Å². The first kappa shape index (κ1) is 22.5. The monoisotopic (exact) mass is 274 g/mol. The lowest BCUT2D eigenvalue weighted by Crippen LogP contribution is -2.09. The third kappa shape index (κ3) is 26.1. The second-order valence-corrected chi connectivity index (χ2v) is 3.17. The smallest absolute Gasteiger partial charge is 0.331 e. The summed E-state index contributed by atoms with van der Waals surface area (Å²) in [4.78, 5) is 31.5. The van der Waals surface area contributed by atoms with Crippen molar-refractivity contribution in [1.29, 1.82) is 0 Å². The summed E-state index contributed by atoms with van der Waals surface area (Å²) in [5.41, 5.74) is 0. The molecule has 0 atom stereocenters. The summed E-state index contributed by atoms with van der Waals surface area (Å²) in [5, 5.41) is 0. The number of methoxy groups -OCH3 is 1. The van der Waals surface area contributed by atoms with Crippen molar-refractivity contribution in [1.82, 2.24) is 0 Å². The van der Waals surface area contributed by atoms with E-state index in [2.05, 4.69) is 23.3 Å². The van der Waals surface area contributed by atoms with E-state index < -0.39 is 11.9 Å². The number of ether oxygens (including phenoxy) is 2. The van der Waals surface area contributed by atoms with Crippen LogP contribution in [0.3, 0.4) is 0 Å². The van der Waals surface area contributed by atoms with E-state index in [1.807, 2.05) is 13.8 Å². The summed E-state index contributed by atoms with van der Waals surface area (Å²) in [7, 11) is 1.19. The molecule has 0 aromatic heterocycles. The molecule has 112 valence electrons. The predicted molar refractivity (Wildman–Crippen MR) is 74.7 cm³/mol. The van der Waals surface area contributed by atoms with Crippen molar-refractivity contribution >= 4 is 17.7 Å². The van der Waals surface area contributed by atoms with Crippen molar-refractivity contribution in [3.8, 4) is 0 Å². The van der Waals surface area contributed by atoms with Crippen LogP contribution in [0.1, 0.15) is 47.5 Å². The number of unbranched alkanes of at least 4 members (excludes halogenated alkanes) is 1. The van der Waals surface area contributed by atoms with Gasteiger partial charge in [-0.1, -0.05) is 40.5 Å². The van der Waals surface area contributed by atoms with Gasteiger partial charge >= 0.3 is 11.9 Å². The molecule has 0 unspecified atom stereocenters. The molecule has 0 saturated heterocycles. The Balaban J connectivity index is -0.000000361. The summed E-state index contributed by atoms with van der Waals surface area (Å²) in [6, 6.07) is 0. The Morgan fingerprint density at radius 1 is 0.947 bits per heavy atom. The van der Waals surface area contributed by atoms with E-state index in [9.17, 15) is 14.4 Å². The van der Waals surface area contributed by atoms with Gasteiger partial charge in [0.05, 0.1) is 7.11 Å². The van der Waals surface area contributed by atoms with Crippen molar-refractivity contribution in [2.75, 3.05) is 13.7 Å². The van der Waals surface area contributed by atoms with Crippen LogP contribution in [0.5, 0.6) is 0 Å². The van der Waals surface area contributed by atoms with Gasteiger partial charge in [-0.3, -0.25) is 4.79 Å². The maximum atomic E-state index is 10.7. The van der Waals surface area contributed by atoms with E-state index in [1.165, 1.54) is 26.9 Å². The zero-order valence-electron chi connectivity index (χ0n) is 12.8. The number of ketones is 1. The van der Waals surface area contributed by atoms with Gasteiger partial charge in [0, 0.05) is 12.2 Å². The molecule has 0 heterocycles. The molecule has 0 fully saturated rings. The minimum absolute atomic E-state index is 0.264. The van der Waals surface area contributed by atoms with Crippen LogP contribution >= 0.6 is 0 Å². The third-order valence-electron chi connectivity index (χ3n) is 1.47. The van der Waals surface area contributed by atoms with Crippen LogP contribution in [0.2, 0.25) is 0 Å². The summed E-state index contributed by atoms with van der Waals surface area (Å²) in [5.74, 6) is -1.67. The Kier molecular flexibility index (Phi) is 22.2. The Morgan fingerprint density at radius 3 is 1.68 bits per heavy atom. The molecule has 0 aliphatic heterocycles. The van der Waals surface area contributed by atoms with E-state index >= 15 is 0 Å². The molecule has 5 heteroatoms. The first-order valence-electron chi connectivity index (χ1n) is 6.40. The van der Waals surface area contributed by atoms with Gasteiger partial charge in [-0.15, -0.1) is 0 Å². The molecule has 0 saturated carbocycles. The van der Waals surface area contributed by atoms with E-state index in [-0.39, 0.29) is 12.4 Å². The molecule has 0 bridgehead atoms.